The maximum Gasteiger partial charge on any atom is 0.380 e. The molecule has 3 N–H and O–H groups in total. The van der Waals surface area contributed by atoms with Crippen molar-refractivity contribution in [2.24, 2.45) is 0 Å². The Kier molecular flexibility index (Phi) is 6.50. The molecule has 40 heavy (non-hydrogen) atoms. The first-order valence-electron chi connectivity index (χ1n) is 14.4. The van der Waals surface area contributed by atoms with Crippen molar-refractivity contribution < 1.29 is 69.8 Å². The lowest BCUT2D eigenvalue weighted by Gasteiger charge is -2.31. The Morgan fingerprint density at radius 1 is 0.875 bits per heavy atom. The van der Waals surface area contributed by atoms with E-state index in [0.717, 1.165) is 24.3 Å². The number of benzene rings is 2. The zero-order valence-corrected chi connectivity index (χ0v) is 21.2. The van der Waals surface area contributed by atoms with Gasteiger partial charge in [-0.15, -0.1) is 0 Å². The molecular weight excluding hydrogens is 532 g/mol. The summed E-state index contributed by atoms with van der Waals surface area (Å²) in [5.74, 6) is -12.0. The topological polar surface area (TPSA) is 184 Å². The van der Waals surface area contributed by atoms with Gasteiger partial charge in [-0.1, -0.05) is 12.1 Å². The second-order valence-electron chi connectivity index (χ2n) is 8.43. The quantitative estimate of drug-likeness (QED) is 0.346. The van der Waals surface area contributed by atoms with E-state index in [-0.39, 0.29) is 13.2 Å². The zero-order chi connectivity index (χ0) is 33.6. The molecule has 2 heterocycles. The Balaban J connectivity index is 1.62. The number of carbonyl (C=O) groups is 4. The van der Waals surface area contributed by atoms with E-state index in [4.69, 9.17) is 35.3 Å². The van der Waals surface area contributed by atoms with Crippen molar-refractivity contribution in [2.45, 2.75) is 44.3 Å². The van der Waals surface area contributed by atoms with Crippen molar-refractivity contribution in [1.29, 1.82) is 0 Å². The van der Waals surface area contributed by atoms with Crippen molar-refractivity contribution in [3.05, 3.63) is 47.5 Å². The monoisotopic (exact) mass is 565 g/mol. The molecule has 4 rings (SSSR count). The average molecular weight is 566 g/mol. The minimum absolute atomic E-state index is 0.135. The number of rotatable bonds is 10. The Morgan fingerprint density at radius 2 is 1.27 bits per heavy atom. The molecule has 0 radical (unpaired) electrons. The Bertz CT molecular complexity index is 1430. The number of Topliss-reactive ketones (excluding diaryl/α,β-unsaturated/α-hetero) is 2. The molecule has 13 heteroatoms. The van der Waals surface area contributed by atoms with Crippen LogP contribution in [0.25, 0.3) is 0 Å². The minimum Gasteiger partial charge on any atom is -0.490 e. The van der Waals surface area contributed by atoms with Crippen LogP contribution in [0.15, 0.2) is 36.4 Å². The average Bonchev–Trinajstić information content (AvgIpc) is 2.92. The fraction of sp³-hybridized carbons (Fsp3) is 0.407. The number of hydrogen-bond acceptors (Lipinski definition) is 13. The van der Waals surface area contributed by atoms with Gasteiger partial charge in [0.1, 0.15) is 53.3 Å². The van der Waals surface area contributed by atoms with E-state index in [1.165, 1.54) is 26.0 Å². The molecule has 2 unspecified atom stereocenters. The standard InChI is InChI=1S/C27H28O13/c1-3-35-24(31)26(33)11-16(29)22-18(7-5-9-20(22)39-26)37-13-15(28)14-38-19-8-6-10-21-23(19)17(30)12-27(34,40-21)25(32)36-4-2/h5-10,15,28,33-34H,3-4,11-14H2,1-2H3/i13D2,14D2,15D. The van der Waals surface area contributed by atoms with Crippen LogP contribution in [0.1, 0.15) is 54.3 Å². The third kappa shape index (κ3) is 5.71. The molecule has 2 aromatic carbocycles. The highest BCUT2D eigenvalue weighted by Gasteiger charge is 2.49. The predicted molar refractivity (Wildman–Crippen MR) is 132 cm³/mol. The van der Waals surface area contributed by atoms with E-state index >= 15 is 0 Å². The summed E-state index contributed by atoms with van der Waals surface area (Å²) in [5.41, 5.74) is -0.969. The third-order valence-electron chi connectivity index (χ3n) is 5.60. The van der Waals surface area contributed by atoms with Crippen molar-refractivity contribution in [3.8, 4) is 23.0 Å². The van der Waals surface area contributed by atoms with Gasteiger partial charge in [-0.2, -0.15) is 0 Å². The second-order valence-corrected chi connectivity index (χ2v) is 8.43. The Labute approximate surface area is 235 Å². The predicted octanol–water partition coefficient (Wildman–Crippen LogP) is 0.939. The second kappa shape index (κ2) is 11.5. The highest BCUT2D eigenvalue weighted by molar-refractivity contribution is 6.06. The smallest absolute Gasteiger partial charge is 0.380 e. The molecule has 2 aliphatic heterocycles. The molecule has 2 aliphatic rings. The number of ether oxygens (including phenoxy) is 6. The molecule has 0 aliphatic carbocycles. The zero-order valence-electron chi connectivity index (χ0n) is 26.2. The van der Waals surface area contributed by atoms with E-state index < -0.39 is 101 Å². The van der Waals surface area contributed by atoms with Crippen molar-refractivity contribution in [3.63, 3.8) is 0 Å². The molecule has 0 bridgehead atoms. The van der Waals surface area contributed by atoms with E-state index in [1.807, 2.05) is 0 Å². The first kappa shape index (κ1) is 22.6. The lowest BCUT2D eigenvalue weighted by atomic mass is 9.97. The van der Waals surface area contributed by atoms with E-state index in [9.17, 15) is 34.5 Å². The van der Waals surface area contributed by atoms with Crippen LogP contribution >= 0.6 is 0 Å². The minimum atomic E-state index is -3.94. The van der Waals surface area contributed by atoms with Gasteiger partial charge in [0.15, 0.2) is 11.6 Å². The van der Waals surface area contributed by atoms with Gasteiger partial charge >= 0.3 is 23.5 Å². The largest absolute Gasteiger partial charge is 0.490 e. The molecule has 0 saturated carbocycles. The molecule has 13 nitrogen and oxygen atoms in total. The Morgan fingerprint density at radius 3 is 1.65 bits per heavy atom. The van der Waals surface area contributed by atoms with Crippen molar-refractivity contribution in [2.75, 3.05) is 26.3 Å². The third-order valence-corrected chi connectivity index (χ3v) is 5.60. The lowest BCUT2D eigenvalue weighted by Crippen LogP contribution is -2.50. The molecule has 0 spiro atoms. The van der Waals surface area contributed by atoms with E-state index in [2.05, 4.69) is 0 Å². The van der Waals surface area contributed by atoms with Gasteiger partial charge < -0.3 is 43.7 Å². The van der Waals surface area contributed by atoms with Gasteiger partial charge in [0, 0.05) is 0 Å². The highest BCUT2D eigenvalue weighted by Crippen LogP contribution is 2.39. The lowest BCUT2D eigenvalue weighted by molar-refractivity contribution is -0.200. The van der Waals surface area contributed by atoms with Gasteiger partial charge in [-0.3, -0.25) is 9.59 Å². The van der Waals surface area contributed by atoms with Gasteiger partial charge in [0.2, 0.25) is 0 Å². The maximum atomic E-state index is 12.9. The number of hydrogen-bond donors (Lipinski definition) is 3. The van der Waals surface area contributed by atoms with Gasteiger partial charge in [0.25, 0.3) is 0 Å². The fourth-order valence-corrected chi connectivity index (χ4v) is 3.90. The summed E-state index contributed by atoms with van der Waals surface area (Å²) in [4.78, 5) is 50.2. The van der Waals surface area contributed by atoms with Gasteiger partial charge in [-0.25, -0.2) is 9.59 Å². The summed E-state index contributed by atoms with van der Waals surface area (Å²) in [6.45, 7) is -4.77. The van der Waals surface area contributed by atoms with Crippen LogP contribution in [0, 0.1) is 0 Å². The van der Waals surface area contributed by atoms with Crippen LogP contribution in [0.3, 0.4) is 0 Å². The molecular formula is C27H28O13. The summed E-state index contributed by atoms with van der Waals surface area (Å²) in [6, 6.07) is 6.70. The van der Waals surface area contributed by atoms with Crippen LogP contribution in [-0.4, -0.2) is 82.8 Å². The summed E-state index contributed by atoms with van der Waals surface area (Å²) < 4.78 is 71.6. The van der Waals surface area contributed by atoms with Crippen molar-refractivity contribution in [1.82, 2.24) is 0 Å². The first-order chi connectivity index (χ1) is 20.8. The molecule has 2 atom stereocenters. The Hall–Kier alpha value is -4.20. The maximum absolute atomic E-state index is 12.9. The van der Waals surface area contributed by atoms with Crippen LogP contribution in [0.5, 0.6) is 23.0 Å². The summed E-state index contributed by atoms with van der Waals surface area (Å²) in [6.07, 6.45) is -5.87. The summed E-state index contributed by atoms with van der Waals surface area (Å²) >= 11 is 0. The summed E-state index contributed by atoms with van der Waals surface area (Å²) in [7, 11) is 0. The molecule has 214 valence electrons. The van der Waals surface area contributed by atoms with Crippen molar-refractivity contribution >= 4 is 23.5 Å². The number of esters is 2. The number of carbonyl (C=O) groups excluding carboxylic acids is 4. The fourth-order valence-electron chi connectivity index (χ4n) is 3.90. The SMILES string of the molecule is [2H]C([2H])(Oc1cccc2c1C(=O)CC(O)(C(=O)OCC)O2)C([2H])(O)C([2H])([2H])Oc1cccc2c1C(=O)CC(O)(C(=O)OCC)O2. The van der Waals surface area contributed by atoms with Crippen LogP contribution in [0.4, 0.5) is 0 Å². The highest BCUT2D eigenvalue weighted by atomic mass is 16.7. The van der Waals surface area contributed by atoms with E-state index in [0.29, 0.717) is 0 Å². The molecule has 0 saturated heterocycles. The summed E-state index contributed by atoms with van der Waals surface area (Å²) in [5, 5.41) is 32.0. The number of fused-ring (bicyclic) bond motifs is 2. The van der Waals surface area contributed by atoms with Crippen LogP contribution in [-0.2, 0) is 19.1 Å². The molecule has 2 aromatic rings. The number of ketones is 2. The molecule has 0 fully saturated rings. The molecule has 0 amide bonds. The first-order valence-corrected chi connectivity index (χ1v) is 11.9. The molecule has 0 aromatic heterocycles. The van der Waals surface area contributed by atoms with Crippen LogP contribution < -0.4 is 18.9 Å². The normalized spacial score (nSPS) is 25.5. The van der Waals surface area contributed by atoms with Gasteiger partial charge in [0.05, 0.1) is 32.9 Å². The van der Waals surface area contributed by atoms with E-state index in [1.54, 1.807) is 0 Å². The number of aliphatic hydroxyl groups is 3. The van der Waals surface area contributed by atoms with Crippen LogP contribution in [0.2, 0.25) is 0 Å². The van der Waals surface area contributed by atoms with Gasteiger partial charge in [-0.05, 0) is 38.1 Å².